The van der Waals surface area contributed by atoms with Crippen molar-refractivity contribution >= 4 is 11.9 Å². The van der Waals surface area contributed by atoms with Crippen LogP contribution in [0.2, 0.25) is 0 Å². The van der Waals surface area contributed by atoms with Crippen molar-refractivity contribution in [2.45, 2.75) is 38.6 Å². The van der Waals surface area contributed by atoms with Crippen LogP contribution in [0.1, 0.15) is 31.0 Å². The molecule has 0 heterocycles. The third-order valence-electron chi connectivity index (χ3n) is 3.47. The first-order valence-electron chi connectivity index (χ1n) is 6.86. The molecule has 120 valence electrons. The van der Waals surface area contributed by atoms with Gasteiger partial charge in [-0.1, -0.05) is 38.1 Å². The molecule has 1 aliphatic carbocycles. The van der Waals surface area contributed by atoms with E-state index in [-0.39, 0.29) is 6.42 Å². The van der Waals surface area contributed by atoms with Crippen molar-refractivity contribution < 1.29 is 27.5 Å². The van der Waals surface area contributed by atoms with Gasteiger partial charge < -0.3 is 10.1 Å². The molecule has 0 unspecified atom stereocenters. The van der Waals surface area contributed by atoms with Crippen LogP contribution in [0, 0.1) is 5.92 Å². The number of hydrogen-bond donors (Lipinski definition) is 1. The van der Waals surface area contributed by atoms with Crippen LogP contribution in [0.3, 0.4) is 0 Å². The quantitative estimate of drug-likeness (QED) is 0.872. The molecule has 2 atom stereocenters. The van der Waals surface area contributed by atoms with E-state index in [1.54, 1.807) is 38.1 Å². The summed E-state index contributed by atoms with van der Waals surface area (Å²) in [5, 5.41) is 1.93. The maximum atomic E-state index is 12.5. The Bertz CT molecular complexity index is 584. The second-order valence-electron chi connectivity index (χ2n) is 5.48. The van der Waals surface area contributed by atoms with E-state index >= 15 is 0 Å². The summed E-state index contributed by atoms with van der Waals surface area (Å²) < 4.78 is 42.7. The van der Waals surface area contributed by atoms with Gasteiger partial charge in [0, 0.05) is 6.42 Å². The number of benzene rings is 1. The molecule has 0 spiro atoms. The number of fused-ring (bicyclic) bond motifs is 1. The van der Waals surface area contributed by atoms with Crippen LogP contribution in [-0.4, -0.2) is 24.2 Å². The van der Waals surface area contributed by atoms with Crippen LogP contribution in [0.4, 0.5) is 13.2 Å². The van der Waals surface area contributed by atoms with E-state index < -0.39 is 36.1 Å². The number of halogens is 3. The van der Waals surface area contributed by atoms with Gasteiger partial charge in [0.2, 0.25) is 0 Å². The Kier molecular flexibility index (Phi) is 4.44. The lowest BCUT2D eigenvalue weighted by molar-refractivity contribution is -0.176. The number of esters is 1. The summed E-state index contributed by atoms with van der Waals surface area (Å²) in [6.45, 7) is 3.27. The van der Waals surface area contributed by atoms with Crippen molar-refractivity contribution in [3.63, 3.8) is 0 Å². The Balaban J connectivity index is 2.23. The summed E-state index contributed by atoms with van der Waals surface area (Å²) in [6, 6.07) is 5.78. The number of alkyl halides is 3. The molecule has 7 heteroatoms. The minimum atomic E-state index is -4.98. The van der Waals surface area contributed by atoms with Crippen LogP contribution in [0.15, 0.2) is 24.3 Å². The molecule has 1 aliphatic rings. The van der Waals surface area contributed by atoms with E-state index in [4.69, 9.17) is 4.74 Å². The molecule has 0 saturated carbocycles. The van der Waals surface area contributed by atoms with Gasteiger partial charge >= 0.3 is 18.1 Å². The number of hydrogen-bond acceptors (Lipinski definition) is 3. The SMILES string of the molecule is CC(C)C(=O)O[C@H]1Cc2ccccc2[C@H]1NC(=O)C(F)(F)F. The number of amides is 1. The zero-order chi connectivity index (χ0) is 16.5. The highest BCUT2D eigenvalue weighted by atomic mass is 19.4. The summed E-state index contributed by atoms with van der Waals surface area (Å²) in [7, 11) is 0. The van der Waals surface area contributed by atoms with E-state index in [1.807, 2.05) is 5.32 Å². The first-order valence-corrected chi connectivity index (χ1v) is 6.86. The molecular formula is C15H16F3NO3. The molecule has 1 aromatic rings. The number of carbonyl (C=O) groups is 2. The van der Waals surface area contributed by atoms with Gasteiger partial charge in [0.1, 0.15) is 6.10 Å². The summed E-state index contributed by atoms with van der Waals surface area (Å²) in [6.07, 6.45) is -5.54. The van der Waals surface area contributed by atoms with Crippen LogP contribution in [0.25, 0.3) is 0 Å². The highest BCUT2D eigenvalue weighted by Crippen LogP contribution is 2.34. The van der Waals surface area contributed by atoms with E-state index in [9.17, 15) is 22.8 Å². The molecule has 2 rings (SSSR count). The number of rotatable bonds is 3. The average Bonchev–Trinajstić information content (AvgIpc) is 2.75. The molecule has 22 heavy (non-hydrogen) atoms. The van der Waals surface area contributed by atoms with Crippen LogP contribution in [-0.2, 0) is 20.7 Å². The summed E-state index contributed by atoms with van der Waals surface area (Å²) >= 11 is 0. The van der Waals surface area contributed by atoms with Crippen molar-refractivity contribution in [1.29, 1.82) is 0 Å². The van der Waals surface area contributed by atoms with Gasteiger partial charge in [-0.25, -0.2) is 0 Å². The lowest BCUT2D eigenvalue weighted by atomic mass is 10.1. The van der Waals surface area contributed by atoms with Crippen LogP contribution < -0.4 is 5.32 Å². The maximum Gasteiger partial charge on any atom is 0.471 e. The molecule has 0 fully saturated rings. The molecule has 4 nitrogen and oxygen atoms in total. The van der Waals surface area contributed by atoms with E-state index in [1.165, 1.54) is 0 Å². The smallest absolute Gasteiger partial charge is 0.459 e. The standard InChI is InChI=1S/C15H16F3NO3/c1-8(2)13(20)22-11-7-9-5-3-4-6-10(9)12(11)19-14(21)15(16,17)18/h3-6,8,11-12H,7H2,1-2H3,(H,19,21)/t11-,12+/m0/s1. The number of carbonyl (C=O) groups excluding carboxylic acids is 2. The molecule has 0 radical (unpaired) electrons. The third-order valence-corrected chi connectivity index (χ3v) is 3.47. The Labute approximate surface area is 125 Å². The molecule has 0 aliphatic heterocycles. The third kappa shape index (κ3) is 3.40. The summed E-state index contributed by atoms with van der Waals surface area (Å²) in [5.41, 5.74) is 1.30. The second-order valence-corrected chi connectivity index (χ2v) is 5.48. The first-order chi connectivity index (χ1) is 10.2. The number of nitrogens with one attached hydrogen (secondary N) is 1. The van der Waals surface area contributed by atoms with Gasteiger partial charge in [-0.15, -0.1) is 0 Å². The first kappa shape index (κ1) is 16.3. The van der Waals surface area contributed by atoms with Crippen molar-refractivity contribution in [1.82, 2.24) is 5.32 Å². The zero-order valence-electron chi connectivity index (χ0n) is 12.1. The monoisotopic (exact) mass is 315 g/mol. The molecule has 1 aromatic carbocycles. The predicted octanol–water partition coefficient (Wildman–Crippen LogP) is 2.53. The molecule has 0 bridgehead atoms. The molecule has 1 N–H and O–H groups in total. The molecule has 0 aromatic heterocycles. The van der Waals surface area contributed by atoms with E-state index in [2.05, 4.69) is 0 Å². The predicted molar refractivity (Wildman–Crippen MR) is 71.8 cm³/mol. The Morgan fingerprint density at radius 1 is 1.27 bits per heavy atom. The van der Waals surface area contributed by atoms with Gasteiger partial charge in [-0.3, -0.25) is 9.59 Å². The van der Waals surface area contributed by atoms with Crippen molar-refractivity contribution in [3.05, 3.63) is 35.4 Å². The Morgan fingerprint density at radius 2 is 1.91 bits per heavy atom. The fourth-order valence-electron chi connectivity index (χ4n) is 2.35. The van der Waals surface area contributed by atoms with Crippen molar-refractivity contribution in [3.8, 4) is 0 Å². The summed E-state index contributed by atoms with van der Waals surface area (Å²) in [5.74, 6) is -2.95. The summed E-state index contributed by atoms with van der Waals surface area (Å²) in [4.78, 5) is 22.9. The molecular weight excluding hydrogens is 299 g/mol. The fraction of sp³-hybridized carbons (Fsp3) is 0.467. The maximum absolute atomic E-state index is 12.5. The Hall–Kier alpha value is -2.05. The van der Waals surface area contributed by atoms with Gasteiger partial charge in [0.15, 0.2) is 0 Å². The highest BCUT2D eigenvalue weighted by Gasteiger charge is 2.44. The second kappa shape index (κ2) is 5.98. The lowest BCUT2D eigenvalue weighted by Crippen LogP contribution is -2.43. The van der Waals surface area contributed by atoms with Gasteiger partial charge in [0.05, 0.1) is 12.0 Å². The van der Waals surface area contributed by atoms with Crippen LogP contribution >= 0.6 is 0 Å². The zero-order valence-corrected chi connectivity index (χ0v) is 12.1. The van der Waals surface area contributed by atoms with Gasteiger partial charge in [-0.05, 0) is 11.1 Å². The average molecular weight is 315 g/mol. The highest BCUT2D eigenvalue weighted by molar-refractivity contribution is 5.82. The molecule has 1 amide bonds. The van der Waals surface area contributed by atoms with Gasteiger partial charge in [-0.2, -0.15) is 13.2 Å². The van der Waals surface area contributed by atoms with E-state index in [0.29, 0.717) is 5.56 Å². The molecule has 0 saturated heterocycles. The number of ether oxygens (including phenoxy) is 1. The Morgan fingerprint density at radius 3 is 2.50 bits per heavy atom. The largest absolute Gasteiger partial charge is 0.471 e. The normalized spacial score (nSPS) is 20.6. The van der Waals surface area contributed by atoms with E-state index in [0.717, 1.165) is 5.56 Å². The van der Waals surface area contributed by atoms with Crippen molar-refractivity contribution in [2.24, 2.45) is 5.92 Å². The lowest BCUT2D eigenvalue weighted by Gasteiger charge is -2.23. The van der Waals surface area contributed by atoms with Crippen LogP contribution in [0.5, 0.6) is 0 Å². The topological polar surface area (TPSA) is 55.4 Å². The minimum absolute atomic E-state index is 0.275. The minimum Gasteiger partial charge on any atom is -0.459 e. The van der Waals surface area contributed by atoms with Gasteiger partial charge in [0.25, 0.3) is 0 Å². The fourth-order valence-corrected chi connectivity index (χ4v) is 2.35. The van der Waals surface area contributed by atoms with Crippen molar-refractivity contribution in [2.75, 3.05) is 0 Å².